The van der Waals surface area contributed by atoms with Crippen molar-refractivity contribution in [1.82, 2.24) is 20.4 Å². The van der Waals surface area contributed by atoms with E-state index >= 15 is 0 Å². The lowest BCUT2D eigenvalue weighted by atomic mass is 9.94. The van der Waals surface area contributed by atoms with E-state index in [1.54, 1.807) is 12.1 Å². The zero-order chi connectivity index (χ0) is 22.1. The Bertz CT molecular complexity index is 1140. The summed E-state index contributed by atoms with van der Waals surface area (Å²) in [4.78, 5) is 6.77. The lowest BCUT2D eigenvalue weighted by Crippen LogP contribution is -2.47. The molecule has 4 rings (SSSR count). The minimum absolute atomic E-state index is 0.287. The van der Waals surface area contributed by atoms with Gasteiger partial charge in [-0.3, -0.25) is 0 Å². The highest BCUT2D eigenvalue weighted by molar-refractivity contribution is 7.80. The van der Waals surface area contributed by atoms with Gasteiger partial charge in [-0.2, -0.15) is 4.98 Å². The largest absolute Gasteiger partial charge is 0.351 e. The van der Waals surface area contributed by atoms with Gasteiger partial charge in [0.1, 0.15) is 5.82 Å². The molecule has 2 aromatic carbocycles. The Balaban J connectivity index is 1.82. The van der Waals surface area contributed by atoms with E-state index in [-0.39, 0.29) is 11.9 Å². The Morgan fingerprint density at radius 3 is 2.58 bits per heavy atom. The highest BCUT2D eigenvalue weighted by Crippen LogP contribution is 2.37. The monoisotopic (exact) mass is 436 g/mol. The van der Waals surface area contributed by atoms with Crippen LogP contribution in [0.1, 0.15) is 43.8 Å². The molecule has 0 spiro atoms. The molecule has 1 aromatic heterocycles. The third-order valence-electron chi connectivity index (χ3n) is 5.28. The van der Waals surface area contributed by atoms with Gasteiger partial charge in [-0.1, -0.05) is 54.9 Å². The predicted octanol–water partition coefficient (Wildman–Crippen LogP) is 5.50. The van der Waals surface area contributed by atoms with E-state index in [0.29, 0.717) is 22.7 Å². The molecule has 0 aliphatic carbocycles. The minimum atomic E-state index is -0.317. The Hall–Kier alpha value is -3.06. The molecule has 0 radical (unpaired) electrons. The summed E-state index contributed by atoms with van der Waals surface area (Å²) in [5.41, 5.74) is 4.68. The van der Waals surface area contributed by atoms with E-state index in [1.807, 2.05) is 38.1 Å². The van der Waals surface area contributed by atoms with Crippen molar-refractivity contribution in [3.05, 3.63) is 77.1 Å². The van der Waals surface area contributed by atoms with Crippen molar-refractivity contribution in [2.75, 3.05) is 6.54 Å². The Morgan fingerprint density at radius 2 is 1.90 bits per heavy atom. The van der Waals surface area contributed by atoms with Crippen LogP contribution in [0.25, 0.3) is 17.0 Å². The smallest absolute Gasteiger partial charge is 0.258 e. The summed E-state index contributed by atoms with van der Waals surface area (Å²) in [7, 11) is 0. The van der Waals surface area contributed by atoms with Crippen LogP contribution in [0.2, 0.25) is 0 Å². The fourth-order valence-electron chi connectivity index (χ4n) is 3.78. The molecule has 160 valence electrons. The molecule has 5 nitrogen and oxygen atoms in total. The van der Waals surface area contributed by atoms with Crippen molar-refractivity contribution in [3.63, 3.8) is 0 Å². The number of nitrogens with zero attached hydrogens (tertiary/aromatic N) is 3. The maximum absolute atomic E-state index is 13.5. The van der Waals surface area contributed by atoms with Gasteiger partial charge in [0.2, 0.25) is 5.82 Å². The van der Waals surface area contributed by atoms with Gasteiger partial charge in [-0.25, -0.2) is 4.39 Å². The van der Waals surface area contributed by atoms with Gasteiger partial charge in [0.25, 0.3) is 5.89 Å². The Labute approximate surface area is 187 Å². The zero-order valence-corrected chi connectivity index (χ0v) is 18.8. The molecule has 0 amide bonds. The molecule has 0 bridgehead atoms. The number of thiocarbonyl (C=S) groups is 1. The third-order valence-corrected chi connectivity index (χ3v) is 5.62. The number of hydrogen-bond acceptors (Lipinski definition) is 4. The maximum atomic E-state index is 13.5. The summed E-state index contributed by atoms with van der Waals surface area (Å²) in [6.45, 7) is 9.08. The Morgan fingerprint density at radius 1 is 1.16 bits per heavy atom. The minimum Gasteiger partial charge on any atom is -0.351 e. The summed E-state index contributed by atoms with van der Waals surface area (Å²) >= 11 is 5.66. The van der Waals surface area contributed by atoms with Crippen molar-refractivity contribution in [1.29, 1.82) is 0 Å². The predicted molar refractivity (Wildman–Crippen MR) is 123 cm³/mol. The fourth-order valence-corrected chi connectivity index (χ4v) is 4.11. The molecule has 1 aliphatic rings. The van der Waals surface area contributed by atoms with Gasteiger partial charge in [-0.05, 0) is 55.7 Å². The van der Waals surface area contributed by atoms with E-state index in [4.69, 9.17) is 21.7 Å². The molecule has 1 N–H and O–H groups in total. The van der Waals surface area contributed by atoms with Gasteiger partial charge in [0.15, 0.2) is 5.11 Å². The van der Waals surface area contributed by atoms with Crippen LogP contribution in [-0.4, -0.2) is 26.7 Å². The van der Waals surface area contributed by atoms with Crippen LogP contribution in [0.3, 0.4) is 0 Å². The van der Waals surface area contributed by atoms with E-state index in [9.17, 15) is 4.39 Å². The van der Waals surface area contributed by atoms with Crippen LogP contribution >= 0.6 is 12.2 Å². The fraction of sp³-hybridized carbons (Fsp3) is 0.292. The lowest BCUT2D eigenvalue weighted by molar-refractivity contribution is 0.386. The second-order valence-corrected chi connectivity index (χ2v) is 8.62. The van der Waals surface area contributed by atoms with Crippen LogP contribution in [-0.2, 0) is 0 Å². The lowest BCUT2D eigenvalue weighted by Gasteiger charge is -2.38. The van der Waals surface area contributed by atoms with Gasteiger partial charge in [-0.15, -0.1) is 0 Å². The van der Waals surface area contributed by atoms with Crippen LogP contribution < -0.4 is 5.32 Å². The summed E-state index contributed by atoms with van der Waals surface area (Å²) in [5, 5.41) is 8.25. The molecule has 0 saturated heterocycles. The number of benzene rings is 2. The van der Waals surface area contributed by atoms with Crippen molar-refractivity contribution >= 4 is 22.9 Å². The highest BCUT2D eigenvalue weighted by atomic mass is 32.1. The van der Waals surface area contributed by atoms with E-state index < -0.39 is 0 Å². The average Bonchev–Trinajstić information content (AvgIpc) is 3.21. The zero-order valence-electron chi connectivity index (χ0n) is 18.0. The van der Waals surface area contributed by atoms with Crippen LogP contribution in [0, 0.1) is 18.7 Å². The van der Waals surface area contributed by atoms with Crippen molar-refractivity contribution < 1.29 is 8.91 Å². The van der Waals surface area contributed by atoms with Crippen molar-refractivity contribution in [2.45, 2.75) is 33.7 Å². The molecule has 1 atom stereocenters. The number of hydrogen-bond donors (Lipinski definition) is 1. The normalized spacial score (nSPS) is 16.8. The van der Waals surface area contributed by atoms with Gasteiger partial charge >= 0.3 is 0 Å². The van der Waals surface area contributed by atoms with E-state index in [1.165, 1.54) is 12.1 Å². The average molecular weight is 437 g/mol. The standard InChI is InChI=1S/C24H25FN4OS/c1-14(2)13-29-16(4)20(21(26-24(29)31)17-8-10-19(25)11-9-17)23-27-22(28-30-23)18-7-5-6-15(3)12-18/h5-12,14,21H,13H2,1-4H3,(H,26,31). The molecule has 31 heavy (non-hydrogen) atoms. The van der Waals surface area contributed by atoms with E-state index in [2.05, 4.69) is 29.2 Å². The maximum Gasteiger partial charge on any atom is 0.258 e. The molecule has 0 saturated carbocycles. The van der Waals surface area contributed by atoms with Gasteiger partial charge in [0.05, 0.1) is 11.6 Å². The summed E-state index contributed by atoms with van der Waals surface area (Å²) in [6, 6.07) is 14.0. The molecular weight excluding hydrogens is 411 g/mol. The molecule has 3 aromatic rings. The van der Waals surface area contributed by atoms with Gasteiger partial charge in [0, 0.05) is 17.8 Å². The third kappa shape index (κ3) is 4.37. The van der Waals surface area contributed by atoms with Crippen LogP contribution in [0.15, 0.2) is 58.8 Å². The summed E-state index contributed by atoms with van der Waals surface area (Å²) < 4.78 is 19.3. The molecule has 7 heteroatoms. The topological polar surface area (TPSA) is 54.2 Å². The number of rotatable bonds is 5. The number of aromatic nitrogens is 2. The molecule has 0 fully saturated rings. The van der Waals surface area contributed by atoms with Crippen LogP contribution in [0.5, 0.6) is 0 Å². The second-order valence-electron chi connectivity index (χ2n) is 8.23. The molecular formula is C24H25FN4OS. The molecule has 1 aliphatic heterocycles. The summed E-state index contributed by atoms with van der Waals surface area (Å²) in [6.07, 6.45) is 0. The number of nitrogens with one attached hydrogen (secondary N) is 1. The van der Waals surface area contributed by atoms with E-state index in [0.717, 1.165) is 34.5 Å². The summed E-state index contributed by atoms with van der Waals surface area (Å²) in [5.74, 6) is 1.07. The molecule has 2 heterocycles. The van der Waals surface area contributed by atoms with Crippen molar-refractivity contribution in [2.24, 2.45) is 5.92 Å². The quantitative estimate of drug-likeness (QED) is 0.533. The first-order valence-electron chi connectivity index (χ1n) is 10.3. The first-order valence-corrected chi connectivity index (χ1v) is 10.7. The highest BCUT2D eigenvalue weighted by Gasteiger charge is 2.34. The van der Waals surface area contributed by atoms with Crippen LogP contribution in [0.4, 0.5) is 4.39 Å². The molecule has 1 unspecified atom stereocenters. The van der Waals surface area contributed by atoms with Crippen molar-refractivity contribution in [3.8, 4) is 11.4 Å². The Kier molecular flexibility index (Phi) is 5.87. The first kappa shape index (κ1) is 21.2. The van der Waals surface area contributed by atoms with Gasteiger partial charge < -0.3 is 14.7 Å². The second kappa shape index (κ2) is 8.59. The number of aryl methyl sites for hydroxylation is 1. The SMILES string of the molecule is CC1=C(c2nc(-c3cccc(C)c3)no2)C(c2ccc(F)cc2)NC(=S)N1CC(C)C. The first-order chi connectivity index (χ1) is 14.8. The number of halogens is 1. The number of allylic oxidation sites excluding steroid dienone is 1.